The summed E-state index contributed by atoms with van der Waals surface area (Å²) in [7, 11) is 0. The lowest BCUT2D eigenvalue weighted by atomic mass is 9.43. The number of aliphatic hydroxyl groups is 1. The van der Waals surface area contributed by atoms with Crippen LogP contribution in [0.25, 0.3) is 0 Å². The van der Waals surface area contributed by atoms with Crippen LogP contribution in [-0.2, 0) is 9.47 Å². The highest BCUT2D eigenvalue weighted by molar-refractivity contribution is 5.14. The highest BCUT2D eigenvalue weighted by Gasteiger charge is 2.67. The first-order valence-corrected chi connectivity index (χ1v) is 14.2. The van der Waals surface area contributed by atoms with E-state index < -0.39 is 5.79 Å². The molecule has 184 valence electrons. The first-order chi connectivity index (χ1) is 15.2. The van der Waals surface area contributed by atoms with Crippen LogP contribution in [0, 0.1) is 52.3 Å². The third-order valence-corrected chi connectivity index (χ3v) is 11.6. The SMILES string of the molecule is CC(C)CCC[C@H](C)[C@H]1CC[C@H]2[C@@H]3CC4(OCCO4)[C@@H]4C[C@@H](O)CC[C@]4(C)[C@H]3CC[C@]12C. The molecule has 1 heterocycles. The molecule has 32 heavy (non-hydrogen) atoms. The van der Waals surface area contributed by atoms with Gasteiger partial charge in [0.15, 0.2) is 5.79 Å². The Morgan fingerprint density at radius 1 is 0.875 bits per heavy atom. The summed E-state index contributed by atoms with van der Waals surface area (Å²) in [5.74, 6) is 4.86. The van der Waals surface area contributed by atoms with E-state index >= 15 is 0 Å². The maximum absolute atomic E-state index is 10.6. The minimum atomic E-state index is -0.420. The van der Waals surface area contributed by atoms with Crippen molar-refractivity contribution in [3.05, 3.63) is 0 Å². The van der Waals surface area contributed by atoms with E-state index in [1.165, 1.54) is 44.9 Å². The third-order valence-electron chi connectivity index (χ3n) is 11.6. The van der Waals surface area contributed by atoms with Crippen molar-refractivity contribution in [1.29, 1.82) is 0 Å². The summed E-state index contributed by atoms with van der Waals surface area (Å²) in [6.07, 6.45) is 13.7. The van der Waals surface area contributed by atoms with Gasteiger partial charge in [-0.05, 0) is 91.3 Å². The lowest BCUT2D eigenvalue weighted by molar-refractivity contribution is -0.298. The molecule has 4 saturated carbocycles. The fourth-order valence-corrected chi connectivity index (χ4v) is 10.1. The van der Waals surface area contributed by atoms with Gasteiger partial charge in [0.1, 0.15) is 0 Å². The fourth-order valence-electron chi connectivity index (χ4n) is 10.1. The molecule has 1 aliphatic heterocycles. The average Bonchev–Trinajstić information content (AvgIpc) is 3.34. The quantitative estimate of drug-likeness (QED) is 0.503. The highest BCUT2D eigenvalue weighted by Crippen LogP contribution is 2.70. The third kappa shape index (κ3) is 3.63. The van der Waals surface area contributed by atoms with Gasteiger partial charge in [0.25, 0.3) is 0 Å². The lowest BCUT2D eigenvalue weighted by Gasteiger charge is -2.65. The summed E-state index contributed by atoms with van der Waals surface area (Å²) in [5.41, 5.74) is 0.754. The number of aliphatic hydroxyl groups excluding tert-OH is 1. The molecule has 1 saturated heterocycles. The molecule has 0 aromatic carbocycles. The molecule has 4 aliphatic carbocycles. The van der Waals surface area contributed by atoms with Gasteiger partial charge >= 0.3 is 0 Å². The molecule has 0 aromatic rings. The van der Waals surface area contributed by atoms with Gasteiger partial charge in [-0.15, -0.1) is 0 Å². The van der Waals surface area contributed by atoms with Crippen molar-refractivity contribution in [3.8, 4) is 0 Å². The van der Waals surface area contributed by atoms with Crippen molar-refractivity contribution in [2.24, 2.45) is 52.3 Å². The summed E-state index contributed by atoms with van der Waals surface area (Å²) >= 11 is 0. The predicted molar refractivity (Wildman–Crippen MR) is 129 cm³/mol. The molecule has 1 N–H and O–H groups in total. The van der Waals surface area contributed by atoms with Gasteiger partial charge in [0.2, 0.25) is 0 Å². The number of ether oxygens (including phenoxy) is 2. The molecule has 9 atom stereocenters. The number of fused-ring (bicyclic) bond motifs is 6. The standard InChI is InChI=1S/C29H50O3/c1-19(2)7-6-8-20(3)23-9-10-24-22-18-29(31-15-16-32-29)26-17-21(30)11-13-28(26,5)25(22)12-14-27(23,24)4/h19-26,30H,6-18H2,1-5H3/t20-,21-,22-,23+,24-,25-,26+,27+,28+/m0/s1. The minimum Gasteiger partial charge on any atom is -0.393 e. The normalized spacial score (nSPS) is 48.5. The van der Waals surface area contributed by atoms with Crippen LogP contribution in [0.2, 0.25) is 0 Å². The molecule has 5 aliphatic rings. The molecule has 1 spiro atoms. The van der Waals surface area contributed by atoms with Crippen molar-refractivity contribution in [2.45, 2.75) is 117 Å². The molecular formula is C29H50O3. The van der Waals surface area contributed by atoms with Crippen LogP contribution in [0.4, 0.5) is 0 Å². The van der Waals surface area contributed by atoms with Crippen molar-refractivity contribution in [1.82, 2.24) is 0 Å². The van der Waals surface area contributed by atoms with Crippen molar-refractivity contribution < 1.29 is 14.6 Å². The molecule has 5 fully saturated rings. The lowest BCUT2D eigenvalue weighted by Crippen LogP contribution is -2.63. The van der Waals surface area contributed by atoms with Crippen molar-refractivity contribution in [3.63, 3.8) is 0 Å². The molecule has 3 nitrogen and oxygen atoms in total. The molecule has 0 bridgehead atoms. The molecule has 3 heteroatoms. The second kappa shape index (κ2) is 8.52. The van der Waals surface area contributed by atoms with Crippen molar-refractivity contribution in [2.75, 3.05) is 13.2 Å². The van der Waals surface area contributed by atoms with E-state index in [4.69, 9.17) is 9.47 Å². The molecule has 5 rings (SSSR count). The Bertz CT molecular complexity index is 669. The first kappa shape index (κ1) is 23.6. The monoisotopic (exact) mass is 446 g/mol. The van der Waals surface area contributed by atoms with E-state index in [0.29, 0.717) is 11.3 Å². The second-order valence-corrected chi connectivity index (χ2v) is 13.6. The summed E-state index contributed by atoms with van der Waals surface area (Å²) in [6, 6.07) is 0. The molecule has 0 amide bonds. The molecule has 0 aromatic heterocycles. The van der Waals surface area contributed by atoms with Crippen LogP contribution in [0.3, 0.4) is 0 Å². The Morgan fingerprint density at radius 2 is 1.56 bits per heavy atom. The Balaban J connectivity index is 1.39. The maximum atomic E-state index is 10.6. The Hall–Kier alpha value is -0.120. The molecule has 0 radical (unpaired) electrons. The van der Waals surface area contributed by atoms with E-state index in [1.807, 2.05) is 0 Å². The number of hydrogen-bond acceptors (Lipinski definition) is 3. The van der Waals surface area contributed by atoms with Gasteiger partial charge in [-0.25, -0.2) is 0 Å². The van der Waals surface area contributed by atoms with Crippen LogP contribution < -0.4 is 0 Å². The largest absolute Gasteiger partial charge is 0.393 e. The van der Waals surface area contributed by atoms with Crippen LogP contribution in [0.5, 0.6) is 0 Å². The van der Waals surface area contributed by atoms with E-state index in [0.717, 1.165) is 74.4 Å². The van der Waals surface area contributed by atoms with Crippen LogP contribution in [-0.4, -0.2) is 30.2 Å². The summed E-state index contributed by atoms with van der Waals surface area (Å²) in [6.45, 7) is 14.0. The zero-order valence-electron chi connectivity index (χ0n) is 21.6. The van der Waals surface area contributed by atoms with E-state index in [9.17, 15) is 5.11 Å². The summed E-state index contributed by atoms with van der Waals surface area (Å²) in [4.78, 5) is 0. The number of rotatable bonds is 5. The zero-order valence-corrected chi connectivity index (χ0v) is 21.6. The average molecular weight is 447 g/mol. The Labute approximate surface area is 197 Å². The van der Waals surface area contributed by atoms with E-state index in [-0.39, 0.29) is 11.5 Å². The first-order valence-electron chi connectivity index (χ1n) is 14.2. The predicted octanol–water partition coefficient (Wildman–Crippen LogP) is 6.82. The van der Waals surface area contributed by atoms with Crippen LogP contribution >= 0.6 is 0 Å². The smallest absolute Gasteiger partial charge is 0.172 e. The Kier molecular flexibility index (Phi) is 6.29. The minimum absolute atomic E-state index is 0.175. The van der Waals surface area contributed by atoms with Gasteiger partial charge < -0.3 is 14.6 Å². The van der Waals surface area contributed by atoms with Gasteiger partial charge in [-0.3, -0.25) is 0 Å². The van der Waals surface area contributed by atoms with Crippen LogP contribution in [0.1, 0.15) is 105 Å². The number of hydrogen-bond donors (Lipinski definition) is 1. The summed E-state index contributed by atoms with van der Waals surface area (Å²) < 4.78 is 13.0. The van der Waals surface area contributed by atoms with E-state index in [2.05, 4.69) is 34.6 Å². The van der Waals surface area contributed by atoms with E-state index in [1.54, 1.807) is 0 Å². The topological polar surface area (TPSA) is 38.7 Å². The molecular weight excluding hydrogens is 396 g/mol. The molecule has 0 unspecified atom stereocenters. The van der Waals surface area contributed by atoms with Crippen molar-refractivity contribution >= 4 is 0 Å². The van der Waals surface area contributed by atoms with Gasteiger partial charge in [-0.1, -0.05) is 53.9 Å². The van der Waals surface area contributed by atoms with Gasteiger partial charge in [0.05, 0.1) is 19.3 Å². The maximum Gasteiger partial charge on any atom is 0.172 e. The van der Waals surface area contributed by atoms with Crippen LogP contribution in [0.15, 0.2) is 0 Å². The highest BCUT2D eigenvalue weighted by atomic mass is 16.7. The zero-order chi connectivity index (χ0) is 22.7. The van der Waals surface area contributed by atoms with Gasteiger partial charge in [0, 0.05) is 12.3 Å². The summed E-state index contributed by atoms with van der Waals surface area (Å²) in [5, 5.41) is 10.6. The Morgan fingerprint density at radius 3 is 2.28 bits per heavy atom. The van der Waals surface area contributed by atoms with Gasteiger partial charge in [-0.2, -0.15) is 0 Å². The second-order valence-electron chi connectivity index (χ2n) is 13.6. The fraction of sp³-hybridized carbons (Fsp3) is 1.00.